The molecule has 1 aromatic heterocycles. The third kappa shape index (κ3) is 3.85. The summed E-state index contributed by atoms with van der Waals surface area (Å²) in [5.74, 6) is 0.951. The molecule has 2 aromatic rings. The quantitative estimate of drug-likeness (QED) is 0.858. The predicted molar refractivity (Wildman–Crippen MR) is 86.1 cm³/mol. The van der Waals surface area contributed by atoms with Crippen LogP contribution in [-0.2, 0) is 0 Å². The van der Waals surface area contributed by atoms with E-state index >= 15 is 0 Å². The van der Waals surface area contributed by atoms with Crippen LogP contribution in [0.1, 0.15) is 31.3 Å². The van der Waals surface area contributed by atoms with Crippen LogP contribution in [0.2, 0.25) is 0 Å². The van der Waals surface area contributed by atoms with Gasteiger partial charge in [0.15, 0.2) is 5.78 Å². The number of aromatic amines is 1. The molecule has 0 saturated carbocycles. The zero-order chi connectivity index (χ0) is 15.6. The molecule has 0 saturated heterocycles. The lowest BCUT2D eigenvalue weighted by Crippen LogP contribution is -2.20. The third-order valence-corrected chi connectivity index (χ3v) is 3.33. The number of benzene rings is 1. The molecular formula is C17H24N2O2. The summed E-state index contributed by atoms with van der Waals surface area (Å²) >= 11 is 0. The molecule has 0 unspecified atom stereocenters. The highest BCUT2D eigenvalue weighted by molar-refractivity contribution is 6.02. The summed E-state index contributed by atoms with van der Waals surface area (Å²) in [4.78, 5) is 17.6. The van der Waals surface area contributed by atoms with Gasteiger partial charge in [0.25, 0.3) is 0 Å². The van der Waals surface area contributed by atoms with Crippen LogP contribution in [-0.4, -0.2) is 42.9 Å². The highest BCUT2D eigenvalue weighted by Crippen LogP contribution is 2.26. The first-order chi connectivity index (χ1) is 9.77. The largest absolute Gasteiger partial charge is 0.492 e. The number of ketones is 1. The van der Waals surface area contributed by atoms with Crippen LogP contribution in [0.25, 0.3) is 10.9 Å². The normalized spacial score (nSPS) is 12.1. The number of carbonyl (C=O) groups is 1. The Bertz CT molecular complexity index is 636. The minimum absolute atomic E-state index is 0.119. The maximum Gasteiger partial charge on any atom is 0.184 e. The van der Waals surface area contributed by atoms with E-state index in [-0.39, 0.29) is 11.2 Å². The van der Waals surface area contributed by atoms with Crippen molar-refractivity contribution in [2.24, 2.45) is 5.41 Å². The fourth-order valence-electron chi connectivity index (χ4n) is 2.07. The number of hydrogen-bond acceptors (Lipinski definition) is 3. The summed E-state index contributed by atoms with van der Waals surface area (Å²) in [5.41, 5.74) is 1.23. The van der Waals surface area contributed by atoms with Crippen molar-refractivity contribution in [2.75, 3.05) is 27.2 Å². The van der Waals surface area contributed by atoms with Gasteiger partial charge in [-0.05, 0) is 38.4 Å². The molecule has 0 bridgehead atoms. The number of carbonyl (C=O) groups excluding carboxylic acids is 1. The zero-order valence-electron chi connectivity index (χ0n) is 13.5. The third-order valence-electron chi connectivity index (χ3n) is 3.33. The van der Waals surface area contributed by atoms with Gasteiger partial charge in [0.2, 0.25) is 0 Å². The highest BCUT2D eigenvalue weighted by atomic mass is 16.5. The van der Waals surface area contributed by atoms with Crippen molar-refractivity contribution >= 4 is 16.7 Å². The number of aromatic nitrogens is 1. The van der Waals surface area contributed by atoms with Crippen LogP contribution in [0.5, 0.6) is 5.75 Å². The number of rotatable bonds is 5. The number of Topliss-reactive ketones (excluding diaryl/α,β-unsaturated/α-hetero) is 1. The highest BCUT2D eigenvalue weighted by Gasteiger charge is 2.24. The van der Waals surface area contributed by atoms with Gasteiger partial charge in [-0.15, -0.1) is 0 Å². The first-order valence-electron chi connectivity index (χ1n) is 7.22. The number of nitrogens with zero attached hydrogens (tertiary/aromatic N) is 1. The van der Waals surface area contributed by atoms with E-state index in [9.17, 15) is 4.79 Å². The minimum atomic E-state index is -0.383. The Morgan fingerprint density at radius 3 is 2.57 bits per heavy atom. The molecule has 0 aliphatic carbocycles. The van der Waals surface area contributed by atoms with Crippen molar-refractivity contribution in [1.29, 1.82) is 0 Å². The van der Waals surface area contributed by atoms with Crippen molar-refractivity contribution in [3.63, 3.8) is 0 Å². The van der Waals surface area contributed by atoms with Gasteiger partial charge in [0.1, 0.15) is 12.4 Å². The summed E-state index contributed by atoms with van der Waals surface area (Å²) in [5, 5.41) is 1.00. The van der Waals surface area contributed by atoms with Gasteiger partial charge in [-0.1, -0.05) is 20.8 Å². The van der Waals surface area contributed by atoms with Crippen molar-refractivity contribution in [3.8, 4) is 5.75 Å². The lowest BCUT2D eigenvalue weighted by molar-refractivity contribution is 0.0854. The van der Waals surface area contributed by atoms with Crippen molar-refractivity contribution in [2.45, 2.75) is 20.8 Å². The summed E-state index contributed by atoms with van der Waals surface area (Å²) < 4.78 is 5.72. The monoisotopic (exact) mass is 288 g/mol. The molecule has 0 radical (unpaired) electrons. The van der Waals surface area contributed by atoms with E-state index in [0.29, 0.717) is 12.3 Å². The average Bonchev–Trinajstić information content (AvgIpc) is 2.79. The number of likely N-dealkylation sites (N-methyl/N-ethyl adjacent to an activating group) is 1. The summed E-state index contributed by atoms with van der Waals surface area (Å²) in [7, 11) is 4.03. The molecule has 1 heterocycles. The molecule has 2 rings (SSSR count). The Morgan fingerprint density at radius 2 is 1.95 bits per heavy atom. The second kappa shape index (κ2) is 5.90. The fraction of sp³-hybridized carbons (Fsp3) is 0.471. The number of ether oxygens (including phenoxy) is 1. The fourth-order valence-corrected chi connectivity index (χ4v) is 2.07. The number of hydrogen-bond donors (Lipinski definition) is 1. The SMILES string of the molecule is CN(C)CCOc1ccc2[nH]c(C(=O)C(C)(C)C)cc2c1. The zero-order valence-corrected chi connectivity index (χ0v) is 13.5. The first kappa shape index (κ1) is 15.6. The molecular weight excluding hydrogens is 264 g/mol. The van der Waals surface area contributed by atoms with Crippen molar-refractivity contribution in [1.82, 2.24) is 9.88 Å². The topological polar surface area (TPSA) is 45.3 Å². The minimum Gasteiger partial charge on any atom is -0.492 e. The molecule has 4 heteroatoms. The summed E-state index contributed by atoms with van der Waals surface area (Å²) in [6.45, 7) is 7.31. The molecule has 0 fully saturated rings. The Labute approximate surface area is 126 Å². The number of H-pyrrole nitrogens is 1. The molecule has 21 heavy (non-hydrogen) atoms. The first-order valence-corrected chi connectivity index (χ1v) is 7.22. The van der Waals surface area contributed by atoms with Crippen LogP contribution < -0.4 is 4.74 Å². The Hall–Kier alpha value is -1.81. The van der Waals surface area contributed by atoms with Crippen LogP contribution in [0.3, 0.4) is 0 Å². The lowest BCUT2D eigenvalue weighted by atomic mass is 9.89. The van der Waals surface area contributed by atoms with Crippen molar-refractivity contribution < 1.29 is 9.53 Å². The van der Waals surface area contributed by atoms with Crippen LogP contribution in [0, 0.1) is 5.41 Å². The van der Waals surface area contributed by atoms with Gasteiger partial charge in [0, 0.05) is 22.9 Å². The molecule has 0 aliphatic rings. The number of fused-ring (bicyclic) bond motifs is 1. The van der Waals surface area contributed by atoms with E-state index in [1.807, 2.05) is 59.1 Å². The summed E-state index contributed by atoms with van der Waals surface area (Å²) in [6.07, 6.45) is 0. The van der Waals surface area contributed by atoms with E-state index in [1.165, 1.54) is 0 Å². The lowest BCUT2D eigenvalue weighted by Gasteiger charge is -2.14. The Kier molecular flexibility index (Phi) is 4.37. The maximum atomic E-state index is 12.3. The van der Waals surface area contributed by atoms with E-state index in [0.717, 1.165) is 23.2 Å². The molecule has 0 atom stereocenters. The number of nitrogens with one attached hydrogen (secondary N) is 1. The molecule has 1 aromatic carbocycles. The van der Waals surface area contributed by atoms with E-state index < -0.39 is 0 Å². The molecule has 0 amide bonds. The molecule has 0 aliphatic heterocycles. The summed E-state index contributed by atoms with van der Waals surface area (Å²) in [6, 6.07) is 7.77. The second-order valence-electron chi connectivity index (χ2n) is 6.66. The van der Waals surface area contributed by atoms with Crippen molar-refractivity contribution in [3.05, 3.63) is 30.0 Å². The van der Waals surface area contributed by atoms with Crippen LogP contribution >= 0.6 is 0 Å². The van der Waals surface area contributed by atoms with Gasteiger partial charge in [-0.25, -0.2) is 0 Å². The second-order valence-corrected chi connectivity index (χ2v) is 6.66. The van der Waals surface area contributed by atoms with Gasteiger partial charge < -0.3 is 14.6 Å². The molecule has 1 N–H and O–H groups in total. The Morgan fingerprint density at radius 1 is 1.24 bits per heavy atom. The van der Waals surface area contributed by atoms with Gasteiger partial charge >= 0.3 is 0 Å². The molecule has 4 nitrogen and oxygen atoms in total. The van der Waals surface area contributed by atoms with Gasteiger partial charge in [-0.3, -0.25) is 4.79 Å². The van der Waals surface area contributed by atoms with Gasteiger partial charge in [-0.2, -0.15) is 0 Å². The maximum absolute atomic E-state index is 12.3. The molecule has 0 spiro atoms. The molecule has 114 valence electrons. The van der Waals surface area contributed by atoms with E-state index in [1.54, 1.807) is 0 Å². The average molecular weight is 288 g/mol. The van der Waals surface area contributed by atoms with Gasteiger partial charge in [0.05, 0.1) is 5.69 Å². The predicted octanol–water partition coefficient (Wildman–Crippen LogP) is 3.34. The standard InChI is InChI=1S/C17H24N2O2/c1-17(2,3)16(20)15-11-12-10-13(6-7-14(12)18-15)21-9-8-19(4)5/h6-7,10-11,18H,8-9H2,1-5H3. The van der Waals surface area contributed by atoms with Crippen LogP contribution in [0.15, 0.2) is 24.3 Å². The van der Waals surface area contributed by atoms with E-state index in [2.05, 4.69) is 9.88 Å². The van der Waals surface area contributed by atoms with E-state index in [4.69, 9.17) is 4.74 Å². The van der Waals surface area contributed by atoms with Crippen LogP contribution in [0.4, 0.5) is 0 Å². The Balaban J connectivity index is 2.18. The smallest absolute Gasteiger partial charge is 0.184 e.